The van der Waals surface area contributed by atoms with Crippen LogP contribution < -0.4 is 0 Å². The predicted octanol–water partition coefficient (Wildman–Crippen LogP) is 0.277. The molecule has 11 heavy (non-hydrogen) atoms. The van der Waals surface area contributed by atoms with Gasteiger partial charge in [0.25, 0.3) is 0 Å². The quantitative estimate of drug-likeness (QED) is 0.333. The largest absolute Gasteiger partial charge is 0.393 e. The van der Waals surface area contributed by atoms with Crippen LogP contribution in [0.4, 0.5) is 0 Å². The van der Waals surface area contributed by atoms with Gasteiger partial charge in [0.15, 0.2) is 0 Å². The Labute approximate surface area is 100 Å². The van der Waals surface area contributed by atoms with E-state index >= 15 is 0 Å². The molecule has 0 aliphatic carbocycles. The summed E-state index contributed by atoms with van der Waals surface area (Å²) in [5, 5.41) is 9.11. The van der Waals surface area contributed by atoms with Gasteiger partial charge in [0.2, 0.25) is 0 Å². The molecule has 0 aromatic carbocycles. The molecule has 0 bridgehead atoms. The number of aliphatic hydroxyl groups is 1. The van der Waals surface area contributed by atoms with E-state index in [0.717, 1.165) is 25.9 Å². The van der Waals surface area contributed by atoms with Crippen LogP contribution in [0, 0.1) is 0 Å². The van der Waals surface area contributed by atoms with Crippen LogP contribution in [-0.2, 0) is 0 Å². The van der Waals surface area contributed by atoms with Gasteiger partial charge in [-0.05, 0) is 12.8 Å². The van der Waals surface area contributed by atoms with E-state index in [2.05, 4.69) is 12.6 Å². The van der Waals surface area contributed by atoms with Gasteiger partial charge in [0.05, 0.1) is 6.10 Å². The summed E-state index contributed by atoms with van der Waals surface area (Å²) >= 11 is 8.91. The molecule has 0 unspecified atom stereocenters. The Balaban J connectivity index is 0.000001000. The topological polar surface area (TPSA) is 23.5 Å². The number of thiocarbonyl (C=S) groups is 1. The van der Waals surface area contributed by atoms with Crippen molar-refractivity contribution in [1.82, 2.24) is 4.90 Å². The maximum Gasteiger partial charge on any atom is 0.133 e. The molecule has 1 aliphatic rings. The Morgan fingerprint density at radius 3 is 2.27 bits per heavy atom. The first-order valence-electron chi connectivity index (χ1n) is 3.36. The van der Waals surface area contributed by atoms with E-state index in [-0.39, 0.29) is 35.7 Å². The molecule has 0 saturated carbocycles. The van der Waals surface area contributed by atoms with Crippen LogP contribution in [0.2, 0.25) is 0 Å². The van der Waals surface area contributed by atoms with Gasteiger partial charge in [0.1, 0.15) is 4.32 Å². The molecule has 1 N–H and O–H groups in total. The van der Waals surface area contributed by atoms with Crippen molar-refractivity contribution in [3.63, 3.8) is 0 Å². The molecular weight excluding hydrogens is 189 g/mol. The normalized spacial score (nSPS) is 19.3. The maximum absolute atomic E-state index is 9.11. The third-order valence-corrected chi connectivity index (χ3v) is 2.28. The molecule has 1 radical (unpaired) electrons. The minimum Gasteiger partial charge on any atom is -0.393 e. The molecular formula is C6H11NNaOS2. The summed E-state index contributed by atoms with van der Waals surface area (Å²) in [7, 11) is 0. The van der Waals surface area contributed by atoms with Crippen molar-refractivity contribution in [3.05, 3.63) is 0 Å². The summed E-state index contributed by atoms with van der Waals surface area (Å²) in [6.07, 6.45) is 1.51. The number of likely N-dealkylation sites (tertiary alicyclic amines) is 1. The second-order valence-electron chi connectivity index (χ2n) is 2.50. The summed E-state index contributed by atoms with van der Waals surface area (Å²) < 4.78 is 0.645. The van der Waals surface area contributed by atoms with Crippen molar-refractivity contribution in [2.45, 2.75) is 18.9 Å². The Morgan fingerprint density at radius 1 is 1.45 bits per heavy atom. The van der Waals surface area contributed by atoms with E-state index in [1.54, 1.807) is 0 Å². The second-order valence-corrected chi connectivity index (χ2v) is 3.61. The van der Waals surface area contributed by atoms with Gasteiger partial charge in [-0.25, -0.2) is 0 Å². The molecule has 5 heteroatoms. The number of nitrogens with zero attached hydrogens (tertiary/aromatic N) is 1. The van der Waals surface area contributed by atoms with E-state index in [1.165, 1.54) is 0 Å². The van der Waals surface area contributed by atoms with Crippen LogP contribution in [0.15, 0.2) is 0 Å². The van der Waals surface area contributed by atoms with Crippen molar-refractivity contribution in [2.24, 2.45) is 0 Å². The van der Waals surface area contributed by atoms with E-state index in [1.807, 2.05) is 4.90 Å². The zero-order chi connectivity index (χ0) is 7.56. The molecule has 1 saturated heterocycles. The number of thiol groups is 1. The van der Waals surface area contributed by atoms with Gasteiger partial charge < -0.3 is 10.0 Å². The molecule has 1 rings (SSSR count). The number of piperidine rings is 1. The Morgan fingerprint density at radius 2 is 1.91 bits per heavy atom. The average Bonchev–Trinajstić information content (AvgIpc) is 1.88. The van der Waals surface area contributed by atoms with Crippen LogP contribution in [0.25, 0.3) is 0 Å². The Kier molecular flexibility index (Phi) is 6.41. The Bertz CT molecular complexity index is 137. The fourth-order valence-electron chi connectivity index (χ4n) is 1.06. The Hall–Kier alpha value is 1.20. The second kappa shape index (κ2) is 5.78. The van der Waals surface area contributed by atoms with Gasteiger partial charge in [-0.3, -0.25) is 0 Å². The van der Waals surface area contributed by atoms with Crippen LogP contribution in [0.5, 0.6) is 0 Å². The summed E-state index contributed by atoms with van der Waals surface area (Å²) in [6.45, 7) is 1.70. The first-order chi connectivity index (χ1) is 4.70. The molecule has 0 aromatic rings. The van der Waals surface area contributed by atoms with Gasteiger partial charge in [-0.2, -0.15) is 0 Å². The van der Waals surface area contributed by atoms with E-state index in [0.29, 0.717) is 4.32 Å². The summed E-state index contributed by atoms with van der Waals surface area (Å²) in [5.74, 6) is 0. The zero-order valence-electron chi connectivity index (χ0n) is 6.66. The first-order valence-corrected chi connectivity index (χ1v) is 4.21. The van der Waals surface area contributed by atoms with Crippen molar-refractivity contribution in [3.8, 4) is 0 Å². The summed E-state index contributed by atoms with van der Waals surface area (Å²) in [6, 6.07) is 0. The van der Waals surface area contributed by atoms with Crippen molar-refractivity contribution >= 4 is 58.7 Å². The molecule has 0 amide bonds. The van der Waals surface area contributed by atoms with Gasteiger partial charge in [-0.15, -0.1) is 12.6 Å². The fourth-order valence-corrected chi connectivity index (χ4v) is 1.44. The standard InChI is InChI=1S/C6H11NOS2.Na/c8-5-1-3-7(4-2-5)6(9)10;/h5,8H,1-4H2,(H,9,10);. The molecule has 0 aromatic heterocycles. The van der Waals surface area contributed by atoms with Crippen molar-refractivity contribution < 1.29 is 5.11 Å². The predicted molar refractivity (Wildman–Crippen MR) is 54.2 cm³/mol. The third kappa shape index (κ3) is 4.10. The zero-order valence-corrected chi connectivity index (χ0v) is 10.4. The van der Waals surface area contributed by atoms with Gasteiger partial charge >= 0.3 is 0 Å². The first kappa shape index (κ1) is 12.2. The van der Waals surface area contributed by atoms with Crippen LogP contribution in [-0.4, -0.2) is 63.1 Å². The van der Waals surface area contributed by atoms with Crippen molar-refractivity contribution in [1.29, 1.82) is 0 Å². The molecule has 1 aliphatic heterocycles. The number of aliphatic hydroxyl groups excluding tert-OH is 1. The van der Waals surface area contributed by atoms with Crippen LogP contribution in [0.1, 0.15) is 12.8 Å². The number of hydrogen-bond acceptors (Lipinski definition) is 2. The molecule has 0 spiro atoms. The van der Waals surface area contributed by atoms with Crippen LogP contribution >= 0.6 is 24.8 Å². The molecule has 1 heterocycles. The smallest absolute Gasteiger partial charge is 0.133 e. The molecule has 2 nitrogen and oxygen atoms in total. The monoisotopic (exact) mass is 200 g/mol. The molecule has 0 atom stereocenters. The van der Waals surface area contributed by atoms with E-state index in [9.17, 15) is 0 Å². The fraction of sp³-hybridized carbons (Fsp3) is 0.833. The van der Waals surface area contributed by atoms with E-state index < -0.39 is 0 Å². The summed E-state index contributed by atoms with van der Waals surface area (Å²) in [5.41, 5.74) is 0. The van der Waals surface area contributed by atoms with Gasteiger partial charge in [0, 0.05) is 42.6 Å². The van der Waals surface area contributed by atoms with E-state index in [4.69, 9.17) is 17.3 Å². The van der Waals surface area contributed by atoms with Crippen LogP contribution in [0.3, 0.4) is 0 Å². The SMILES string of the molecule is OC1CCN(C(=S)S)CC1.[Na]. The number of rotatable bonds is 0. The molecule has 1 fully saturated rings. The third-order valence-electron chi connectivity index (χ3n) is 1.74. The van der Waals surface area contributed by atoms with Gasteiger partial charge in [-0.1, -0.05) is 12.2 Å². The molecule has 59 valence electrons. The summed E-state index contributed by atoms with van der Waals surface area (Å²) in [4.78, 5) is 2.01. The van der Waals surface area contributed by atoms with Crippen molar-refractivity contribution in [2.75, 3.05) is 13.1 Å². The minimum atomic E-state index is -0.126. The average molecular weight is 200 g/mol. The maximum atomic E-state index is 9.11. The number of hydrogen-bond donors (Lipinski definition) is 2. The minimum absolute atomic E-state index is 0.